The molecule has 31 heavy (non-hydrogen) atoms. The minimum absolute atomic E-state index is 0.0165. The van der Waals surface area contributed by atoms with Crippen LogP contribution in [0.5, 0.6) is 5.75 Å². The molecule has 0 aliphatic carbocycles. The van der Waals surface area contributed by atoms with Crippen molar-refractivity contribution in [3.63, 3.8) is 0 Å². The zero-order valence-corrected chi connectivity index (χ0v) is 16.4. The molecule has 1 aliphatic rings. The molecule has 0 unspecified atom stereocenters. The van der Waals surface area contributed by atoms with Crippen molar-refractivity contribution in [2.75, 3.05) is 16.9 Å². The third kappa shape index (κ3) is 4.79. The molecular weight excluding hydrogens is 394 g/mol. The van der Waals surface area contributed by atoms with Crippen molar-refractivity contribution in [3.05, 3.63) is 96.1 Å². The predicted molar refractivity (Wildman–Crippen MR) is 117 cm³/mol. The van der Waals surface area contributed by atoms with Gasteiger partial charge in [0.05, 0.1) is 5.69 Å². The summed E-state index contributed by atoms with van der Waals surface area (Å²) in [5.74, 6) is -0.769. The lowest BCUT2D eigenvalue weighted by molar-refractivity contribution is -0.118. The maximum atomic E-state index is 12.7. The second kappa shape index (κ2) is 8.96. The molecule has 0 atom stereocenters. The summed E-state index contributed by atoms with van der Waals surface area (Å²) >= 11 is 0. The monoisotopic (exact) mass is 413 g/mol. The molecular formula is C24H19N3O4. The lowest BCUT2D eigenvalue weighted by Crippen LogP contribution is -2.35. The Labute approximate surface area is 178 Å². The van der Waals surface area contributed by atoms with Gasteiger partial charge in [-0.25, -0.2) is 5.01 Å². The van der Waals surface area contributed by atoms with E-state index in [1.54, 1.807) is 60.7 Å². The van der Waals surface area contributed by atoms with E-state index in [1.807, 2.05) is 24.3 Å². The van der Waals surface area contributed by atoms with Gasteiger partial charge >= 0.3 is 0 Å². The van der Waals surface area contributed by atoms with Gasteiger partial charge in [0.1, 0.15) is 11.3 Å². The summed E-state index contributed by atoms with van der Waals surface area (Å²) in [6, 6.07) is 24.8. The molecule has 1 fully saturated rings. The van der Waals surface area contributed by atoms with Crippen molar-refractivity contribution in [1.29, 1.82) is 0 Å². The van der Waals surface area contributed by atoms with E-state index in [-0.39, 0.29) is 18.1 Å². The molecule has 0 bridgehead atoms. The van der Waals surface area contributed by atoms with Gasteiger partial charge in [-0.1, -0.05) is 48.5 Å². The first kappa shape index (κ1) is 19.9. The molecule has 1 aliphatic heterocycles. The zero-order chi connectivity index (χ0) is 21.6. The number of nitrogens with zero attached hydrogens (tertiary/aromatic N) is 1. The molecule has 0 spiro atoms. The molecule has 0 radical (unpaired) electrons. The van der Waals surface area contributed by atoms with Crippen LogP contribution in [0.15, 0.2) is 90.5 Å². The minimum atomic E-state index is -0.484. The molecule has 0 saturated carbocycles. The largest absolute Gasteiger partial charge is 0.484 e. The number of hydrogen-bond acceptors (Lipinski definition) is 4. The number of carbonyl (C=O) groups is 3. The lowest BCUT2D eigenvalue weighted by atomic mass is 10.1. The number of para-hydroxylation sites is 2. The summed E-state index contributed by atoms with van der Waals surface area (Å²) in [6.45, 7) is -0.171. The molecule has 3 aromatic rings. The maximum Gasteiger partial charge on any atom is 0.282 e. The standard InChI is InChI=1S/C24H19N3O4/c28-22(25-18-9-3-1-4-10-18)16-31-20-13-7-8-17(14-20)15-21-23(29)26-27(24(21)30)19-11-5-2-6-12-19/h1-15H,16H2,(H,25,28)(H,26,29)/b21-15-. The number of carbonyl (C=O) groups excluding carboxylic acids is 3. The highest BCUT2D eigenvalue weighted by atomic mass is 16.5. The topological polar surface area (TPSA) is 87.7 Å². The van der Waals surface area contributed by atoms with Gasteiger partial charge in [-0.2, -0.15) is 0 Å². The summed E-state index contributed by atoms with van der Waals surface area (Å²) in [5, 5.41) is 3.95. The van der Waals surface area contributed by atoms with Gasteiger partial charge in [-0.15, -0.1) is 0 Å². The first-order valence-electron chi connectivity index (χ1n) is 9.60. The van der Waals surface area contributed by atoms with Crippen LogP contribution in [0.1, 0.15) is 5.56 Å². The van der Waals surface area contributed by atoms with Crippen molar-refractivity contribution >= 4 is 35.2 Å². The van der Waals surface area contributed by atoms with E-state index in [9.17, 15) is 14.4 Å². The number of anilines is 2. The molecule has 3 amide bonds. The second-order valence-corrected chi connectivity index (χ2v) is 6.75. The number of hydrazine groups is 1. The van der Waals surface area contributed by atoms with E-state index in [2.05, 4.69) is 10.7 Å². The van der Waals surface area contributed by atoms with Crippen LogP contribution in [0.4, 0.5) is 11.4 Å². The first-order valence-corrected chi connectivity index (χ1v) is 9.60. The van der Waals surface area contributed by atoms with Gasteiger partial charge in [-0.3, -0.25) is 19.8 Å². The van der Waals surface area contributed by atoms with E-state index >= 15 is 0 Å². The lowest BCUT2D eigenvalue weighted by Gasteiger charge is -2.13. The van der Waals surface area contributed by atoms with Crippen molar-refractivity contribution < 1.29 is 19.1 Å². The second-order valence-electron chi connectivity index (χ2n) is 6.75. The van der Waals surface area contributed by atoms with E-state index < -0.39 is 11.8 Å². The van der Waals surface area contributed by atoms with Crippen molar-refractivity contribution in [2.24, 2.45) is 0 Å². The summed E-state index contributed by atoms with van der Waals surface area (Å²) < 4.78 is 5.55. The fourth-order valence-electron chi connectivity index (χ4n) is 3.04. The van der Waals surface area contributed by atoms with Crippen LogP contribution in [-0.4, -0.2) is 24.3 Å². The predicted octanol–water partition coefficient (Wildman–Crippen LogP) is 3.17. The molecule has 0 aromatic heterocycles. The van der Waals surface area contributed by atoms with Crippen molar-refractivity contribution in [2.45, 2.75) is 0 Å². The van der Waals surface area contributed by atoms with E-state index in [0.29, 0.717) is 22.7 Å². The highest BCUT2D eigenvalue weighted by Gasteiger charge is 2.34. The Hall–Kier alpha value is -4.39. The maximum absolute atomic E-state index is 12.7. The summed E-state index contributed by atoms with van der Waals surface area (Å²) in [6.07, 6.45) is 1.50. The number of ether oxygens (including phenoxy) is 1. The quantitative estimate of drug-likeness (QED) is 0.480. The van der Waals surface area contributed by atoms with E-state index in [4.69, 9.17) is 4.74 Å². The van der Waals surface area contributed by atoms with Gasteiger partial charge < -0.3 is 10.1 Å². The first-order chi connectivity index (χ1) is 15.1. The number of nitrogens with one attached hydrogen (secondary N) is 2. The molecule has 2 N–H and O–H groups in total. The van der Waals surface area contributed by atoms with E-state index in [1.165, 1.54) is 11.1 Å². The Morgan fingerprint density at radius 1 is 0.935 bits per heavy atom. The smallest absolute Gasteiger partial charge is 0.282 e. The van der Waals surface area contributed by atoms with Crippen LogP contribution in [-0.2, 0) is 14.4 Å². The fourth-order valence-corrected chi connectivity index (χ4v) is 3.04. The van der Waals surface area contributed by atoms with Gasteiger partial charge in [-0.05, 0) is 48.0 Å². The molecule has 3 aromatic carbocycles. The van der Waals surface area contributed by atoms with Crippen LogP contribution < -0.4 is 20.5 Å². The SMILES string of the molecule is O=C(COc1cccc(/C=C2/C(=O)NN(c3ccccc3)C2=O)c1)Nc1ccccc1. The average molecular weight is 413 g/mol. The molecule has 7 heteroatoms. The number of benzene rings is 3. The Balaban J connectivity index is 1.43. The van der Waals surface area contributed by atoms with Gasteiger partial charge in [0.25, 0.3) is 17.7 Å². The van der Waals surface area contributed by atoms with Gasteiger partial charge in [0.15, 0.2) is 6.61 Å². The molecule has 154 valence electrons. The average Bonchev–Trinajstić information content (AvgIpc) is 3.08. The summed E-state index contributed by atoms with van der Waals surface area (Å²) in [5.41, 5.74) is 4.44. The van der Waals surface area contributed by atoms with Crippen molar-refractivity contribution in [3.8, 4) is 5.75 Å². The Bertz CT molecular complexity index is 1140. The number of amides is 3. The van der Waals surface area contributed by atoms with Crippen LogP contribution in [0.3, 0.4) is 0 Å². The third-order valence-electron chi connectivity index (χ3n) is 4.50. The molecule has 7 nitrogen and oxygen atoms in total. The van der Waals surface area contributed by atoms with Crippen LogP contribution in [0.2, 0.25) is 0 Å². The minimum Gasteiger partial charge on any atom is -0.484 e. The zero-order valence-electron chi connectivity index (χ0n) is 16.4. The van der Waals surface area contributed by atoms with Crippen LogP contribution in [0, 0.1) is 0 Å². The van der Waals surface area contributed by atoms with E-state index in [0.717, 1.165) is 0 Å². The Morgan fingerprint density at radius 2 is 1.65 bits per heavy atom. The highest BCUT2D eigenvalue weighted by Crippen LogP contribution is 2.22. The summed E-state index contributed by atoms with van der Waals surface area (Å²) in [4.78, 5) is 37.1. The number of rotatable bonds is 6. The fraction of sp³-hybridized carbons (Fsp3) is 0.0417. The molecule has 1 saturated heterocycles. The highest BCUT2D eigenvalue weighted by molar-refractivity contribution is 6.31. The molecule has 4 rings (SSSR count). The summed E-state index contributed by atoms with van der Waals surface area (Å²) in [7, 11) is 0. The van der Waals surface area contributed by atoms with Crippen LogP contribution >= 0.6 is 0 Å². The van der Waals surface area contributed by atoms with Gasteiger partial charge in [0.2, 0.25) is 0 Å². The Kier molecular flexibility index (Phi) is 5.75. The normalized spacial score (nSPS) is 14.5. The van der Waals surface area contributed by atoms with Crippen LogP contribution in [0.25, 0.3) is 6.08 Å². The molecule has 1 heterocycles. The van der Waals surface area contributed by atoms with Gasteiger partial charge in [0, 0.05) is 5.69 Å². The van der Waals surface area contributed by atoms with Crippen molar-refractivity contribution in [1.82, 2.24) is 5.43 Å². The Morgan fingerprint density at radius 3 is 2.39 bits per heavy atom. The number of hydrogen-bond donors (Lipinski definition) is 2. The third-order valence-corrected chi connectivity index (χ3v) is 4.50.